The van der Waals surface area contributed by atoms with Gasteiger partial charge < -0.3 is 10.1 Å². The topological polar surface area (TPSA) is 84.9 Å². The van der Waals surface area contributed by atoms with Crippen molar-refractivity contribution in [2.24, 2.45) is 11.3 Å². The number of hydrogen-bond acceptors (Lipinski definition) is 7. The van der Waals surface area contributed by atoms with Gasteiger partial charge in [-0.15, -0.1) is 0 Å². The molecule has 43 heavy (non-hydrogen) atoms. The highest BCUT2D eigenvalue weighted by molar-refractivity contribution is 7.86. The minimum Gasteiger partial charge on any atom is -0.466 e. The highest BCUT2D eigenvalue weighted by Crippen LogP contribution is 2.60. The molecule has 226 valence electrons. The van der Waals surface area contributed by atoms with Crippen molar-refractivity contribution in [2.45, 2.75) is 62.9 Å². The number of anilines is 1. The number of nitrogens with one attached hydrogen (secondary N) is 1. The molecule has 1 spiro atoms. The van der Waals surface area contributed by atoms with E-state index in [4.69, 9.17) is 8.92 Å². The van der Waals surface area contributed by atoms with Gasteiger partial charge in [-0.05, 0) is 66.8 Å². The first-order valence-electron chi connectivity index (χ1n) is 15.0. The Bertz CT molecular complexity index is 1650. The Morgan fingerprint density at radius 1 is 1.02 bits per heavy atom. The molecule has 6 rings (SSSR count). The molecule has 0 unspecified atom stereocenters. The van der Waals surface area contributed by atoms with E-state index < -0.39 is 15.5 Å². The van der Waals surface area contributed by atoms with Crippen LogP contribution in [0.25, 0.3) is 0 Å². The number of likely N-dealkylation sites (tertiary alicyclic amines) is 1. The van der Waals surface area contributed by atoms with E-state index in [0.29, 0.717) is 18.4 Å². The van der Waals surface area contributed by atoms with Gasteiger partial charge in [-0.3, -0.25) is 9.08 Å². The first kappa shape index (κ1) is 29.6. The Labute approximate surface area is 255 Å². The van der Waals surface area contributed by atoms with Crippen LogP contribution in [0.15, 0.2) is 95.0 Å². The average molecular weight is 601 g/mol. The standard InChI is InChI=1S/C35H40N2O5S/c1-24-14-16-27(17-15-24)43(39,40)42-23-34(2,3)21-26-20-28(33(38)41-4)31-35(29-12-8-9-13-30(29)36-31)18-19-37(32(26)35)22-25-10-6-5-7-11-25/h5-17,26,32,36H,18-23H2,1-4H3/t26-,32-,35-/m1/s1. The van der Waals surface area contributed by atoms with Crippen molar-refractivity contribution in [1.82, 2.24) is 4.90 Å². The van der Waals surface area contributed by atoms with Gasteiger partial charge in [0, 0.05) is 30.5 Å². The number of fused-ring (bicyclic) bond motifs is 1. The van der Waals surface area contributed by atoms with E-state index in [-0.39, 0.29) is 34.8 Å². The van der Waals surface area contributed by atoms with E-state index in [1.807, 2.05) is 19.1 Å². The molecule has 3 atom stereocenters. The number of ether oxygens (including phenoxy) is 1. The van der Waals surface area contributed by atoms with Crippen molar-refractivity contribution in [3.05, 3.63) is 107 Å². The number of para-hydroxylation sites is 1. The van der Waals surface area contributed by atoms with Gasteiger partial charge in [-0.2, -0.15) is 8.42 Å². The molecule has 1 N–H and O–H groups in total. The van der Waals surface area contributed by atoms with Crippen LogP contribution in [0, 0.1) is 18.3 Å². The van der Waals surface area contributed by atoms with Gasteiger partial charge in [0.2, 0.25) is 0 Å². The van der Waals surface area contributed by atoms with Crippen LogP contribution < -0.4 is 5.32 Å². The summed E-state index contributed by atoms with van der Waals surface area (Å²) in [6.07, 6.45) is 2.08. The van der Waals surface area contributed by atoms with Gasteiger partial charge in [0.05, 0.1) is 29.6 Å². The van der Waals surface area contributed by atoms with E-state index in [9.17, 15) is 13.2 Å². The van der Waals surface area contributed by atoms with Crippen LogP contribution in [0.4, 0.5) is 5.69 Å². The number of aryl methyl sites for hydroxylation is 1. The fraction of sp³-hybridized carbons (Fsp3) is 0.400. The minimum absolute atomic E-state index is 0.0388. The van der Waals surface area contributed by atoms with Crippen LogP contribution >= 0.6 is 0 Å². The first-order chi connectivity index (χ1) is 20.5. The molecule has 7 nitrogen and oxygen atoms in total. The van der Waals surface area contributed by atoms with Gasteiger partial charge in [-0.25, -0.2) is 4.79 Å². The van der Waals surface area contributed by atoms with Crippen molar-refractivity contribution in [1.29, 1.82) is 0 Å². The second-order valence-electron chi connectivity index (χ2n) is 13.0. The maximum absolute atomic E-state index is 13.3. The summed E-state index contributed by atoms with van der Waals surface area (Å²) in [7, 11) is -2.47. The monoisotopic (exact) mass is 600 g/mol. The summed E-state index contributed by atoms with van der Waals surface area (Å²) in [5, 5.41) is 3.65. The lowest BCUT2D eigenvalue weighted by Gasteiger charge is -2.47. The molecule has 3 aromatic rings. The summed E-state index contributed by atoms with van der Waals surface area (Å²) in [6.45, 7) is 7.74. The lowest BCUT2D eigenvalue weighted by Crippen LogP contribution is -2.52. The average Bonchev–Trinajstić information content (AvgIpc) is 3.54. The van der Waals surface area contributed by atoms with E-state index >= 15 is 0 Å². The number of esters is 1. The van der Waals surface area contributed by atoms with Crippen LogP contribution in [-0.4, -0.2) is 45.6 Å². The van der Waals surface area contributed by atoms with Crippen molar-refractivity contribution in [3.8, 4) is 0 Å². The molecular formula is C35H40N2O5S. The highest BCUT2D eigenvalue weighted by Gasteiger charge is 2.61. The molecule has 8 heteroatoms. The number of rotatable bonds is 9. The summed E-state index contributed by atoms with van der Waals surface area (Å²) in [6, 6.07) is 25.7. The van der Waals surface area contributed by atoms with Crippen LogP contribution in [0.5, 0.6) is 0 Å². The largest absolute Gasteiger partial charge is 0.466 e. The third-order valence-electron chi connectivity index (χ3n) is 9.41. The van der Waals surface area contributed by atoms with E-state index in [1.165, 1.54) is 18.2 Å². The smallest absolute Gasteiger partial charge is 0.335 e. The van der Waals surface area contributed by atoms with Crippen molar-refractivity contribution in [3.63, 3.8) is 0 Å². The lowest BCUT2D eigenvalue weighted by atomic mass is 9.61. The molecule has 0 bridgehead atoms. The molecule has 0 radical (unpaired) electrons. The molecule has 0 aromatic heterocycles. The summed E-state index contributed by atoms with van der Waals surface area (Å²) >= 11 is 0. The number of methoxy groups -OCH3 is 1. The van der Waals surface area contributed by atoms with Gasteiger partial charge in [0.1, 0.15) is 0 Å². The van der Waals surface area contributed by atoms with Gasteiger partial charge in [-0.1, -0.05) is 80.1 Å². The summed E-state index contributed by atoms with van der Waals surface area (Å²) in [4.78, 5) is 16.1. The van der Waals surface area contributed by atoms with Gasteiger partial charge >= 0.3 is 5.97 Å². The number of nitrogens with zero attached hydrogens (tertiary/aromatic N) is 1. The Hall–Kier alpha value is -3.46. The number of benzene rings is 3. The van der Waals surface area contributed by atoms with E-state index in [2.05, 4.69) is 66.5 Å². The normalized spacial score (nSPS) is 23.3. The molecule has 3 aromatic carbocycles. The summed E-state index contributed by atoms with van der Waals surface area (Å²) in [5.74, 6) is -0.256. The van der Waals surface area contributed by atoms with Gasteiger partial charge in [0.25, 0.3) is 10.1 Å². The van der Waals surface area contributed by atoms with E-state index in [0.717, 1.165) is 36.5 Å². The molecule has 0 saturated carbocycles. The maximum atomic E-state index is 13.3. The third kappa shape index (κ3) is 5.41. The zero-order valence-electron chi connectivity index (χ0n) is 25.3. The summed E-state index contributed by atoms with van der Waals surface area (Å²) in [5.41, 5.74) is 5.26. The quantitative estimate of drug-likeness (QED) is 0.231. The molecule has 0 amide bonds. The number of carbonyl (C=O) groups excluding carboxylic acids is 1. The number of carbonyl (C=O) groups is 1. The van der Waals surface area contributed by atoms with Crippen molar-refractivity contribution >= 4 is 21.8 Å². The SMILES string of the molecule is COC(=O)C1=C2Nc3ccccc3[C@]23CCN(Cc2ccccc2)[C@@H]3[C@@H](CC(C)(C)COS(=O)(=O)c2ccc(C)cc2)C1. The fourth-order valence-corrected chi connectivity index (χ4v) is 8.71. The van der Waals surface area contributed by atoms with E-state index in [1.54, 1.807) is 24.3 Å². The van der Waals surface area contributed by atoms with Gasteiger partial charge in [0.15, 0.2) is 0 Å². The van der Waals surface area contributed by atoms with Crippen LogP contribution in [0.2, 0.25) is 0 Å². The van der Waals surface area contributed by atoms with Crippen LogP contribution in [0.1, 0.15) is 49.8 Å². The predicted octanol–water partition coefficient (Wildman–Crippen LogP) is 6.20. The Morgan fingerprint density at radius 2 is 1.72 bits per heavy atom. The Morgan fingerprint density at radius 3 is 2.44 bits per heavy atom. The number of hydrogen-bond donors (Lipinski definition) is 1. The Kier molecular flexibility index (Phi) is 7.73. The van der Waals surface area contributed by atoms with Crippen LogP contribution in [0.3, 0.4) is 0 Å². The van der Waals surface area contributed by atoms with Crippen LogP contribution in [-0.2, 0) is 35.8 Å². The second kappa shape index (κ2) is 11.2. The zero-order valence-corrected chi connectivity index (χ0v) is 26.1. The molecule has 1 fully saturated rings. The predicted molar refractivity (Wildman–Crippen MR) is 167 cm³/mol. The molecule has 1 saturated heterocycles. The maximum Gasteiger partial charge on any atom is 0.335 e. The Balaban J connectivity index is 1.36. The molecule has 2 aliphatic heterocycles. The first-order valence-corrected chi connectivity index (χ1v) is 16.4. The molecular weight excluding hydrogens is 560 g/mol. The summed E-state index contributed by atoms with van der Waals surface area (Å²) < 4.78 is 37.2. The molecule has 1 aliphatic carbocycles. The zero-order chi connectivity index (χ0) is 30.4. The molecule has 2 heterocycles. The lowest BCUT2D eigenvalue weighted by molar-refractivity contribution is -0.136. The highest BCUT2D eigenvalue weighted by atomic mass is 32.2. The minimum atomic E-state index is -3.91. The fourth-order valence-electron chi connectivity index (χ4n) is 7.64. The molecule has 3 aliphatic rings. The third-order valence-corrected chi connectivity index (χ3v) is 10.7. The van der Waals surface area contributed by atoms with Crippen molar-refractivity contribution in [2.75, 3.05) is 25.6 Å². The van der Waals surface area contributed by atoms with Crippen molar-refractivity contribution < 1.29 is 22.1 Å². The second-order valence-corrected chi connectivity index (χ2v) is 14.6.